The monoisotopic (exact) mass is 153 g/mol. The Morgan fingerprint density at radius 2 is 2.09 bits per heavy atom. The molecule has 1 aliphatic rings. The highest BCUT2D eigenvalue weighted by atomic mass is 16.7. The predicted molar refractivity (Wildman–Crippen MR) is 43.9 cm³/mol. The molecule has 0 aromatic heterocycles. The lowest BCUT2D eigenvalue weighted by Gasteiger charge is -2.17. The Labute approximate surface area is 67.5 Å². The molecule has 0 aromatic rings. The molecule has 0 bridgehead atoms. The van der Waals surface area contributed by atoms with Crippen LogP contribution in [-0.4, -0.2) is 20.5 Å². The van der Waals surface area contributed by atoms with Crippen LogP contribution in [0.1, 0.15) is 6.42 Å². The second-order valence-electron chi connectivity index (χ2n) is 2.34. The van der Waals surface area contributed by atoms with Gasteiger partial charge in [0.05, 0.1) is 0 Å². The Morgan fingerprint density at radius 1 is 1.36 bits per heavy atom. The minimum absolute atomic E-state index is 0.208. The van der Waals surface area contributed by atoms with Crippen molar-refractivity contribution in [2.24, 2.45) is 0 Å². The zero-order valence-corrected chi connectivity index (χ0v) is 6.91. The lowest BCUT2D eigenvalue weighted by atomic mass is 10.1. The molecular weight excluding hydrogens is 140 g/mol. The Kier molecular flexibility index (Phi) is 3.33. The van der Waals surface area contributed by atoms with Gasteiger partial charge in [-0.1, -0.05) is 18.2 Å². The fraction of sp³-hybridized carbons (Fsp3) is 0.444. The average Bonchev–Trinajstić information content (AvgIpc) is 2.09. The third-order valence-electron chi connectivity index (χ3n) is 1.61. The zero-order valence-electron chi connectivity index (χ0n) is 6.91. The number of hydrogen-bond acceptors (Lipinski definition) is 2. The minimum Gasteiger partial charge on any atom is -0.352 e. The summed E-state index contributed by atoms with van der Waals surface area (Å²) in [6.07, 6.45) is 8.96. The molecule has 1 radical (unpaired) electrons. The number of rotatable bonds is 3. The SMILES string of the molecule is COC(OC)C1=CC=CC[CH]1. The third kappa shape index (κ3) is 2.17. The van der Waals surface area contributed by atoms with Gasteiger partial charge < -0.3 is 9.47 Å². The first-order valence-corrected chi connectivity index (χ1v) is 3.64. The summed E-state index contributed by atoms with van der Waals surface area (Å²) in [4.78, 5) is 0. The minimum atomic E-state index is -0.208. The molecule has 0 saturated carbocycles. The first kappa shape index (κ1) is 8.50. The van der Waals surface area contributed by atoms with Crippen molar-refractivity contribution in [3.63, 3.8) is 0 Å². The average molecular weight is 153 g/mol. The zero-order chi connectivity index (χ0) is 8.10. The molecule has 2 heteroatoms. The summed E-state index contributed by atoms with van der Waals surface area (Å²) in [5, 5.41) is 0. The Hall–Kier alpha value is -0.600. The number of methoxy groups -OCH3 is 2. The molecule has 0 N–H and O–H groups in total. The van der Waals surface area contributed by atoms with Crippen LogP contribution in [0.2, 0.25) is 0 Å². The van der Waals surface area contributed by atoms with Gasteiger partial charge in [0.2, 0.25) is 0 Å². The summed E-state index contributed by atoms with van der Waals surface area (Å²) in [5.41, 5.74) is 1.09. The van der Waals surface area contributed by atoms with Gasteiger partial charge >= 0.3 is 0 Å². The highest BCUT2D eigenvalue weighted by Crippen LogP contribution is 2.16. The maximum atomic E-state index is 5.08. The van der Waals surface area contributed by atoms with Gasteiger partial charge in [-0.3, -0.25) is 0 Å². The smallest absolute Gasteiger partial charge is 0.179 e. The van der Waals surface area contributed by atoms with Gasteiger partial charge in [0.25, 0.3) is 0 Å². The molecule has 0 saturated heterocycles. The van der Waals surface area contributed by atoms with Gasteiger partial charge in [0, 0.05) is 14.2 Å². The normalized spacial score (nSPS) is 17.2. The van der Waals surface area contributed by atoms with Crippen molar-refractivity contribution in [3.8, 4) is 0 Å². The largest absolute Gasteiger partial charge is 0.352 e. The van der Waals surface area contributed by atoms with E-state index in [9.17, 15) is 0 Å². The van der Waals surface area contributed by atoms with Crippen LogP contribution in [0.25, 0.3) is 0 Å². The Morgan fingerprint density at radius 3 is 2.55 bits per heavy atom. The summed E-state index contributed by atoms with van der Waals surface area (Å²) >= 11 is 0. The van der Waals surface area contributed by atoms with Crippen LogP contribution in [0.15, 0.2) is 23.8 Å². The van der Waals surface area contributed by atoms with Gasteiger partial charge in [-0.05, 0) is 18.4 Å². The van der Waals surface area contributed by atoms with Crippen LogP contribution in [0.4, 0.5) is 0 Å². The van der Waals surface area contributed by atoms with Gasteiger partial charge in [-0.25, -0.2) is 0 Å². The molecule has 0 spiro atoms. The molecule has 1 aliphatic carbocycles. The number of allylic oxidation sites excluding steroid dienone is 3. The highest BCUT2D eigenvalue weighted by Gasteiger charge is 2.12. The van der Waals surface area contributed by atoms with Crippen LogP contribution in [0.5, 0.6) is 0 Å². The molecule has 11 heavy (non-hydrogen) atoms. The first-order chi connectivity index (χ1) is 5.38. The molecule has 0 amide bonds. The summed E-state index contributed by atoms with van der Waals surface area (Å²) in [5.74, 6) is 0. The van der Waals surface area contributed by atoms with E-state index in [0.29, 0.717) is 0 Å². The maximum absolute atomic E-state index is 5.08. The second kappa shape index (κ2) is 4.31. The van der Waals surface area contributed by atoms with Crippen LogP contribution in [-0.2, 0) is 9.47 Å². The quantitative estimate of drug-likeness (QED) is 0.574. The fourth-order valence-electron chi connectivity index (χ4n) is 1.07. The second-order valence-corrected chi connectivity index (χ2v) is 2.34. The molecule has 0 heterocycles. The van der Waals surface area contributed by atoms with Gasteiger partial charge in [-0.15, -0.1) is 0 Å². The molecular formula is C9H13O2. The van der Waals surface area contributed by atoms with E-state index < -0.39 is 0 Å². The maximum Gasteiger partial charge on any atom is 0.179 e. The molecule has 1 rings (SSSR count). The lowest BCUT2D eigenvalue weighted by Crippen LogP contribution is -2.17. The fourth-order valence-corrected chi connectivity index (χ4v) is 1.07. The van der Waals surface area contributed by atoms with Gasteiger partial charge in [0.15, 0.2) is 6.29 Å². The van der Waals surface area contributed by atoms with E-state index in [2.05, 4.69) is 12.5 Å². The molecule has 0 atom stereocenters. The molecule has 0 aromatic carbocycles. The Balaban J connectivity index is 2.56. The Bertz CT molecular complexity index is 166. The predicted octanol–water partition coefficient (Wildman–Crippen LogP) is 1.70. The summed E-state index contributed by atoms with van der Waals surface area (Å²) in [6, 6.07) is 0. The van der Waals surface area contributed by atoms with Crippen LogP contribution in [0.3, 0.4) is 0 Å². The van der Waals surface area contributed by atoms with Crippen molar-refractivity contribution in [2.75, 3.05) is 14.2 Å². The van der Waals surface area contributed by atoms with E-state index >= 15 is 0 Å². The van der Waals surface area contributed by atoms with Crippen molar-refractivity contribution in [2.45, 2.75) is 12.7 Å². The van der Waals surface area contributed by atoms with Crippen molar-refractivity contribution < 1.29 is 9.47 Å². The van der Waals surface area contributed by atoms with E-state index in [1.54, 1.807) is 14.2 Å². The van der Waals surface area contributed by atoms with Crippen LogP contribution < -0.4 is 0 Å². The standard InChI is InChI=1S/C9H13O2/c1-10-9(11-2)8-6-4-3-5-7-8/h3-4,6-7,9H,5H2,1-2H3. The van der Waals surface area contributed by atoms with Gasteiger partial charge in [-0.2, -0.15) is 0 Å². The van der Waals surface area contributed by atoms with E-state index in [4.69, 9.17) is 9.47 Å². The molecule has 0 aliphatic heterocycles. The van der Waals surface area contributed by atoms with Crippen molar-refractivity contribution in [3.05, 3.63) is 30.2 Å². The first-order valence-electron chi connectivity index (χ1n) is 3.64. The van der Waals surface area contributed by atoms with Crippen LogP contribution >= 0.6 is 0 Å². The van der Waals surface area contributed by atoms with Crippen molar-refractivity contribution in [1.82, 2.24) is 0 Å². The number of hydrogen-bond donors (Lipinski definition) is 0. The summed E-state index contributed by atoms with van der Waals surface area (Å²) < 4.78 is 10.2. The van der Waals surface area contributed by atoms with E-state index in [1.807, 2.05) is 12.2 Å². The molecule has 2 nitrogen and oxygen atoms in total. The van der Waals surface area contributed by atoms with Gasteiger partial charge in [0.1, 0.15) is 0 Å². The third-order valence-corrected chi connectivity index (χ3v) is 1.61. The van der Waals surface area contributed by atoms with E-state index in [-0.39, 0.29) is 6.29 Å². The van der Waals surface area contributed by atoms with Crippen molar-refractivity contribution >= 4 is 0 Å². The van der Waals surface area contributed by atoms with Crippen molar-refractivity contribution in [1.29, 1.82) is 0 Å². The molecule has 0 unspecified atom stereocenters. The topological polar surface area (TPSA) is 18.5 Å². The van der Waals surface area contributed by atoms with E-state index in [0.717, 1.165) is 12.0 Å². The number of ether oxygens (including phenoxy) is 2. The van der Waals surface area contributed by atoms with E-state index in [1.165, 1.54) is 0 Å². The summed E-state index contributed by atoms with van der Waals surface area (Å²) in [7, 11) is 3.28. The molecule has 0 fully saturated rings. The molecule has 61 valence electrons. The lowest BCUT2D eigenvalue weighted by molar-refractivity contribution is -0.0738. The van der Waals surface area contributed by atoms with Crippen LogP contribution in [0, 0.1) is 6.42 Å². The summed E-state index contributed by atoms with van der Waals surface area (Å²) in [6.45, 7) is 0. The highest BCUT2D eigenvalue weighted by molar-refractivity contribution is 5.27.